The highest BCUT2D eigenvalue weighted by molar-refractivity contribution is 5.73. The van der Waals surface area contributed by atoms with Gasteiger partial charge in [-0.15, -0.1) is 0 Å². The SMILES string of the molecule is CCC(CN(CC)C(C)=O)OC. The maximum atomic E-state index is 11.0. The van der Waals surface area contributed by atoms with Crippen LogP contribution in [-0.4, -0.2) is 37.1 Å². The lowest BCUT2D eigenvalue weighted by Gasteiger charge is -2.23. The van der Waals surface area contributed by atoms with Gasteiger partial charge in [-0.05, 0) is 13.3 Å². The number of rotatable bonds is 5. The van der Waals surface area contributed by atoms with Crippen molar-refractivity contribution in [2.75, 3.05) is 20.2 Å². The molecular weight excluding hydrogens is 154 g/mol. The molecule has 0 saturated heterocycles. The number of likely N-dealkylation sites (N-methyl/N-ethyl adjacent to an activating group) is 1. The predicted molar refractivity (Wildman–Crippen MR) is 49.0 cm³/mol. The summed E-state index contributed by atoms with van der Waals surface area (Å²) < 4.78 is 5.19. The van der Waals surface area contributed by atoms with Crippen molar-refractivity contribution in [1.29, 1.82) is 0 Å². The van der Waals surface area contributed by atoms with Gasteiger partial charge in [-0.1, -0.05) is 6.92 Å². The zero-order chi connectivity index (χ0) is 9.56. The van der Waals surface area contributed by atoms with Crippen molar-refractivity contribution in [1.82, 2.24) is 4.90 Å². The first kappa shape index (κ1) is 11.4. The molecule has 0 aliphatic rings. The Morgan fingerprint density at radius 3 is 2.33 bits per heavy atom. The summed E-state index contributed by atoms with van der Waals surface area (Å²) >= 11 is 0. The molecule has 0 N–H and O–H groups in total. The fourth-order valence-corrected chi connectivity index (χ4v) is 1.10. The number of amides is 1. The van der Waals surface area contributed by atoms with E-state index in [2.05, 4.69) is 6.92 Å². The minimum Gasteiger partial charge on any atom is -0.380 e. The summed E-state index contributed by atoms with van der Waals surface area (Å²) in [5, 5.41) is 0. The molecule has 3 nitrogen and oxygen atoms in total. The van der Waals surface area contributed by atoms with Crippen molar-refractivity contribution >= 4 is 5.91 Å². The van der Waals surface area contributed by atoms with Crippen molar-refractivity contribution in [3.63, 3.8) is 0 Å². The number of carbonyl (C=O) groups is 1. The van der Waals surface area contributed by atoms with Crippen molar-refractivity contribution < 1.29 is 9.53 Å². The number of ether oxygens (including phenoxy) is 1. The molecule has 0 aliphatic heterocycles. The maximum absolute atomic E-state index is 11.0. The molecule has 12 heavy (non-hydrogen) atoms. The lowest BCUT2D eigenvalue weighted by atomic mass is 10.2. The minimum atomic E-state index is 0.119. The second-order valence-electron chi connectivity index (χ2n) is 2.82. The Morgan fingerprint density at radius 2 is 2.08 bits per heavy atom. The Labute approximate surface area is 74.7 Å². The van der Waals surface area contributed by atoms with Gasteiger partial charge in [-0.2, -0.15) is 0 Å². The van der Waals surface area contributed by atoms with Crippen LogP contribution in [0.1, 0.15) is 27.2 Å². The van der Waals surface area contributed by atoms with Gasteiger partial charge >= 0.3 is 0 Å². The largest absolute Gasteiger partial charge is 0.380 e. The fraction of sp³-hybridized carbons (Fsp3) is 0.889. The molecule has 0 radical (unpaired) electrons. The Morgan fingerprint density at radius 1 is 1.50 bits per heavy atom. The van der Waals surface area contributed by atoms with Crippen LogP contribution in [0.25, 0.3) is 0 Å². The lowest BCUT2D eigenvalue weighted by Crippen LogP contribution is -2.36. The highest BCUT2D eigenvalue weighted by Gasteiger charge is 2.12. The van der Waals surface area contributed by atoms with Gasteiger partial charge in [0.1, 0.15) is 0 Å². The summed E-state index contributed by atoms with van der Waals surface area (Å²) in [5.41, 5.74) is 0. The molecule has 0 aromatic carbocycles. The molecule has 1 unspecified atom stereocenters. The van der Waals surface area contributed by atoms with Crippen molar-refractivity contribution in [3.8, 4) is 0 Å². The fourth-order valence-electron chi connectivity index (χ4n) is 1.10. The van der Waals surface area contributed by atoms with Crippen LogP contribution < -0.4 is 0 Å². The third-order valence-corrected chi connectivity index (χ3v) is 2.04. The van der Waals surface area contributed by atoms with Crippen LogP contribution in [0.2, 0.25) is 0 Å². The molecule has 0 aromatic rings. The minimum absolute atomic E-state index is 0.119. The van der Waals surface area contributed by atoms with Crippen molar-refractivity contribution in [3.05, 3.63) is 0 Å². The summed E-state index contributed by atoms with van der Waals surface area (Å²) in [5.74, 6) is 0.119. The van der Waals surface area contributed by atoms with E-state index in [0.717, 1.165) is 13.0 Å². The van der Waals surface area contributed by atoms with Crippen LogP contribution >= 0.6 is 0 Å². The van der Waals surface area contributed by atoms with E-state index < -0.39 is 0 Å². The Balaban J connectivity index is 3.91. The van der Waals surface area contributed by atoms with Gasteiger partial charge in [0.2, 0.25) is 5.91 Å². The molecular formula is C9H19NO2. The average molecular weight is 173 g/mol. The highest BCUT2D eigenvalue weighted by Crippen LogP contribution is 2.00. The van der Waals surface area contributed by atoms with Gasteiger partial charge in [0.25, 0.3) is 0 Å². The monoisotopic (exact) mass is 173 g/mol. The molecule has 0 heterocycles. The van der Waals surface area contributed by atoms with E-state index in [9.17, 15) is 4.79 Å². The molecule has 0 rings (SSSR count). The Kier molecular flexibility index (Phi) is 5.72. The molecule has 0 saturated carbocycles. The first-order valence-corrected chi connectivity index (χ1v) is 4.43. The zero-order valence-corrected chi connectivity index (χ0v) is 8.46. The van der Waals surface area contributed by atoms with E-state index in [0.29, 0.717) is 6.54 Å². The van der Waals surface area contributed by atoms with Gasteiger partial charge in [0.05, 0.1) is 6.10 Å². The van der Waals surface area contributed by atoms with E-state index >= 15 is 0 Å². The van der Waals surface area contributed by atoms with E-state index in [1.165, 1.54) is 0 Å². The van der Waals surface area contributed by atoms with E-state index in [1.54, 1.807) is 18.9 Å². The molecule has 1 amide bonds. The van der Waals surface area contributed by atoms with Crippen LogP contribution in [-0.2, 0) is 9.53 Å². The molecule has 0 bridgehead atoms. The Hall–Kier alpha value is -0.570. The van der Waals surface area contributed by atoms with E-state index in [4.69, 9.17) is 4.74 Å². The van der Waals surface area contributed by atoms with Gasteiger partial charge in [-0.25, -0.2) is 0 Å². The van der Waals surface area contributed by atoms with Crippen molar-refractivity contribution in [2.45, 2.75) is 33.3 Å². The first-order chi connectivity index (χ1) is 5.65. The summed E-state index contributed by atoms with van der Waals surface area (Å²) in [4.78, 5) is 12.8. The van der Waals surface area contributed by atoms with Crippen LogP contribution in [0.15, 0.2) is 0 Å². The number of carbonyl (C=O) groups excluding carboxylic acids is 1. The summed E-state index contributed by atoms with van der Waals surface area (Å²) in [6.07, 6.45) is 1.12. The summed E-state index contributed by atoms with van der Waals surface area (Å²) in [6.45, 7) is 7.09. The molecule has 0 spiro atoms. The smallest absolute Gasteiger partial charge is 0.219 e. The van der Waals surface area contributed by atoms with Gasteiger partial charge < -0.3 is 9.64 Å². The van der Waals surface area contributed by atoms with E-state index in [1.807, 2.05) is 6.92 Å². The van der Waals surface area contributed by atoms with Crippen LogP contribution in [0.4, 0.5) is 0 Å². The topological polar surface area (TPSA) is 29.5 Å². The molecule has 0 aliphatic carbocycles. The first-order valence-electron chi connectivity index (χ1n) is 4.43. The summed E-state index contributed by atoms with van der Waals surface area (Å²) in [6, 6.07) is 0. The second kappa shape index (κ2) is 6.00. The van der Waals surface area contributed by atoms with Crippen LogP contribution in [0.3, 0.4) is 0 Å². The quantitative estimate of drug-likeness (QED) is 0.626. The predicted octanol–water partition coefficient (Wildman–Crippen LogP) is 1.28. The van der Waals surface area contributed by atoms with Crippen LogP contribution in [0.5, 0.6) is 0 Å². The molecule has 0 aromatic heterocycles. The third kappa shape index (κ3) is 3.72. The molecule has 0 fully saturated rings. The summed E-state index contributed by atoms with van der Waals surface area (Å²) in [7, 11) is 1.68. The normalized spacial score (nSPS) is 12.7. The number of hydrogen-bond donors (Lipinski definition) is 0. The van der Waals surface area contributed by atoms with Gasteiger partial charge in [-0.3, -0.25) is 4.79 Å². The van der Waals surface area contributed by atoms with Gasteiger partial charge in [0, 0.05) is 27.1 Å². The average Bonchev–Trinajstić information content (AvgIpc) is 2.06. The molecule has 1 atom stereocenters. The lowest BCUT2D eigenvalue weighted by molar-refractivity contribution is -0.130. The maximum Gasteiger partial charge on any atom is 0.219 e. The molecule has 3 heteroatoms. The number of hydrogen-bond acceptors (Lipinski definition) is 2. The van der Waals surface area contributed by atoms with Crippen LogP contribution in [0, 0.1) is 0 Å². The van der Waals surface area contributed by atoms with Gasteiger partial charge in [0.15, 0.2) is 0 Å². The highest BCUT2D eigenvalue weighted by atomic mass is 16.5. The number of nitrogens with zero attached hydrogens (tertiary/aromatic N) is 1. The standard InChI is InChI=1S/C9H19NO2/c1-5-9(12-4)7-10(6-2)8(3)11/h9H,5-7H2,1-4H3. The zero-order valence-electron chi connectivity index (χ0n) is 8.46. The third-order valence-electron chi connectivity index (χ3n) is 2.04. The number of methoxy groups -OCH3 is 1. The van der Waals surface area contributed by atoms with Crippen molar-refractivity contribution in [2.24, 2.45) is 0 Å². The Bertz CT molecular complexity index is 132. The molecule has 72 valence electrons. The van der Waals surface area contributed by atoms with E-state index in [-0.39, 0.29) is 12.0 Å². The second-order valence-corrected chi connectivity index (χ2v) is 2.82.